The number of aliphatic hydroxyl groups is 1. The Kier molecular flexibility index (Phi) is 5.62. The maximum atomic E-state index is 8.98. The summed E-state index contributed by atoms with van der Waals surface area (Å²) in [5.74, 6) is 0. The molecule has 90 valence electrons. The molecule has 15 heavy (non-hydrogen) atoms. The summed E-state index contributed by atoms with van der Waals surface area (Å²) in [6.07, 6.45) is 8.77. The highest BCUT2D eigenvalue weighted by atomic mass is 16.3. The lowest BCUT2D eigenvalue weighted by Gasteiger charge is -2.21. The van der Waals surface area contributed by atoms with Gasteiger partial charge in [-0.1, -0.05) is 26.7 Å². The molecule has 0 heterocycles. The fourth-order valence-corrected chi connectivity index (χ4v) is 2.19. The number of unbranched alkanes of at least 4 members (excludes halogenated alkanes) is 1. The molecule has 1 unspecified atom stereocenters. The second-order valence-corrected chi connectivity index (χ2v) is 5.10. The summed E-state index contributed by atoms with van der Waals surface area (Å²) < 4.78 is 0. The van der Waals surface area contributed by atoms with Crippen molar-refractivity contribution in [1.29, 1.82) is 0 Å². The highest BCUT2D eigenvalue weighted by Crippen LogP contribution is 2.48. The molecule has 1 fully saturated rings. The molecular weight excluding hydrogens is 186 g/mol. The molecule has 1 saturated carbocycles. The highest BCUT2D eigenvalue weighted by molar-refractivity contribution is 4.95. The molecular formula is C13H27NO. The van der Waals surface area contributed by atoms with Crippen LogP contribution in [0.5, 0.6) is 0 Å². The maximum Gasteiger partial charge on any atom is 0.0436 e. The van der Waals surface area contributed by atoms with Crippen LogP contribution in [0, 0.1) is 5.41 Å². The van der Waals surface area contributed by atoms with Gasteiger partial charge in [-0.25, -0.2) is 0 Å². The lowest BCUT2D eigenvalue weighted by atomic mass is 10.0. The predicted molar refractivity (Wildman–Crippen MR) is 65.0 cm³/mol. The van der Waals surface area contributed by atoms with Crippen molar-refractivity contribution in [2.45, 2.75) is 64.8 Å². The van der Waals surface area contributed by atoms with Gasteiger partial charge in [0.15, 0.2) is 0 Å². The molecule has 0 aromatic heterocycles. The van der Waals surface area contributed by atoms with Crippen molar-refractivity contribution in [1.82, 2.24) is 5.32 Å². The average molecular weight is 213 g/mol. The van der Waals surface area contributed by atoms with Gasteiger partial charge in [0.2, 0.25) is 0 Å². The monoisotopic (exact) mass is 213 g/mol. The third-order valence-electron chi connectivity index (χ3n) is 3.76. The van der Waals surface area contributed by atoms with Crippen LogP contribution < -0.4 is 5.32 Å². The molecule has 1 aliphatic rings. The largest absolute Gasteiger partial charge is 0.396 e. The van der Waals surface area contributed by atoms with Crippen LogP contribution in [0.2, 0.25) is 0 Å². The van der Waals surface area contributed by atoms with Crippen LogP contribution in [0.4, 0.5) is 0 Å². The van der Waals surface area contributed by atoms with E-state index in [1.165, 1.54) is 38.5 Å². The van der Waals surface area contributed by atoms with Crippen molar-refractivity contribution >= 4 is 0 Å². The minimum absolute atomic E-state index is 0.355. The number of aliphatic hydroxyl groups excluding tert-OH is 1. The molecule has 0 saturated heterocycles. The van der Waals surface area contributed by atoms with E-state index in [0.29, 0.717) is 18.1 Å². The number of hydrogen-bond donors (Lipinski definition) is 2. The van der Waals surface area contributed by atoms with Gasteiger partial charge in [-0.2, -0.15) is 0 Å². The zero-order valence-electron chi connectivity index (χ0n) is 10.4. The van der Waals surface area contributed by atoms with Gasteiger partial charge in [-0.3, -0.25) is 0 Å². The Labute approximate surface area is 94.5 Å². The first-order valence-electron chi connectivity index (χ1n) is 6.60. The topological polar surface area (TPSA) is 32.3 Å². The first-order chi connectivity index (χ1) is 7.26. The Morgan fingerprint density at radius 3 is 2.53 bits per heavy atom. The van der Waals surface area contributed by atoms with Crippen molar-refractivity contribution in [3.05, 3.63) is 0 Å². The Morgan fingerprint density at radius 2 is 2.07 bits per heavy atom. The van der Waals surface area contributed by atoms with E-state index in [-0.39, 0.29) is 0 Å². The molecule has 2 heteroatoms. The summed E-state index contributed by atoms with van der Waals surface area (Å²) in [6, 6.07) is 0.695. The van der Waals surface area contributed by atoms with Crippen LogP contribution in [-0.2, 0) is 0 Å². The maximum absolute atomic E-state index is 8.98. The molecule has 0 radical (unpaired) electrons. The third kappa shape index (κ3) is 4.52. The highest BCUT2D eigenvalue weighted by Gasteiger charge is 2.41. The summed E-state index contributed by atoms with van der Waals surface area (Å²) in [5.41, 5.74) is 0.467. The summed E-state index contributed by atoms with van der Waals surface area (Å²) in [6.45, 7) is 5.99. The van der Waals surface area contributed by atoms with E-state index in [1.807, 2.05) is 0 Å². The Balaban J connectivity index is 2.16. The lowest BCUT2D eigenvalue weighted by molar-refractivity contribution is 0.240. The van der Waals surface area contributed by atoms with Gasteiger partial charge in [0.05, 0.1) is 0 Å². The number of rotatable bonds is 9. The van der Waals surface area contributed by atoms with Gasteiger partial charge in [0, 0.05) is 19.2 Å². The lowest BCUT2D eigenvalue weighted by Crippen LogP contribution is -2.34. The molecule has 0 bridgehead atoms. The smallest absolute Gasteiger partial charge is 0.0436 e. The van der Waals surface area contributed by atoms with E-state index in [4.69, 9.17) is 5.11 Å². The van der Waals surface area contributed by atoms with E-state index >= 15 is 0 Å². The Morgan fingerprint density at radius 1 is 1.33 bits per heavy atom. The van der Waals surface area contributed by atoms with Crippen molar-refractivity contribution in [2.24, 2.45) is 5.41 Å². The van der Waals surface area contributed by atoms with E-state index in [2.05, 4.69) is 19.2 Å². The van der Waals surface area contributed by atoms with Gasteiger partial charge in [0.1, 0.15) is 0 Å². The van der Waals surface area contributed by atoms with E-state index < -0.39 is 0 Å². The normalized spacial score (nSPS) is 20.2. The SMILES string of the molecule is CCCCC(CC)NCC1(CCO)CC1. The zero-order chi connectivity index (χ0) is 11.1. The summed E-state index contributed by atoms with van der Waals surface area (Å²) in [5, 5.41) is 12.7. The Hall–Kier alpha value is -0.0800. The van der Waals surface area contributed by atoms with Crippen LogP contribution >= 0.6 is 0 Å². The molecule has 1 rings (SSSR count). The van der Waals surface area contributed by atoms with Crippen LogP contribution in [0.15, 0.2) is 0 Å². The standard InChI is InChI=1S/C13H27NO/c1-3-5-6-12(4-2)14-11-13(7-8-13)9-10-15/h12,14-15H,3-11H2,1-2H3. The number of nitrogens with one attached hydrogen (secondary N) is 1. The molecule has 0 aromatic carbocycles. The van der Waals surface area contributed by atoms with E-state index in [1.54, 1.807) is 0 Å². The van der Waals surface area contributed by atoms with Gasteiger partial charge < -0.3 is 10.4 Å². The molecule has 2 N–H and O–H groups in total. The number of hydrogen-bond acceptors (Lipinski definition) is 2. The van der Waals surface area contributed by atoms with Crippen molar-refractivity contribution in [2.75, 3.05) is 13.2 Å². The molecule has 1 atom stereocenters. The molecule has 1 aliphatic carbocycles. The third-order valence-corrected chi connectivity index (χ3v) is 3.76. The van der Waals surface area contributed by atoms with Gasteiger partial charge in [-0.05, 0) is 37.5 Å². The molecule has 0 amide bonds. The average Bonchev–Trinajstić information content (AvgIpc) is 2.99. The fraction of sp³-hybridized carbons (Fsp3) is 1.00. The van der Waals surface area contributed by atoms with Crippen molar-refractivity contribution in [3.8, 4) is 0 Å². The minimum Gasteiger partial charge on any atom is -0.396 e. The van der Waals surface area contributed by atoms with Crippen LogP contribution in [0.25, 0.3) is 0 Å². The van der Waals surface area contributed by atoms with Crippen molar-refractivity contribution in [3.63, 3.8) is 0 Å². The second kappa shape index (κ2) is 6.49. The fourth-order valence-electron chi connectivity index (χ4n) is 2.19. The molecule has 0 spiro atoms. The summed E-state index contributed by atoms with van der Waals surface area (Å²) in [7, 11) is 0. The van der Waals surface area contributed by atoms with Crippen LogP contribution in [0.1, 0.15) is 58.8 Å². The Bertz CT molecular complexity index is 166. The minimum atomic E-state index is 0.355. The van der Waals surface area contributed by atoms with Crippen LogP contribution in [-0.4, -0.2) is 24.3 Å². The quantitative estimate of drug-likeness (QED) is 0.617. The summed E-state index contributed by atoms with van der Waals surface area (Å²) in [4.78, 5) is 0. The van der Waals surface area contributed by atoms with E-state index in [9.17, 15) is 0 Å². The van der Waals surface area contributed by atoms with Crippen LogP contribution in [0.3, 0.4) is 0 Å². The molecule has 0 aromatic rings. The predicted octanol–water partition coefficient (Wildman–Crippen LogP) is 2.71. The molecule has 0 aliphatic heterocycles. The van der Waals surface area contributed by atoms with E-state index in [0.717, 1.165) is 13.0 Å². The zero-order valence-corrected chi connectivity index (χ0v) is 10.4. The first kappa shape index (κ1) is 13.0. The molecule has 2 nitrogen and oxygen atoms in total. The first-order valence-corrected chi connectivity index (χ1v) is 6.60. The van der Waals surface area contributed by atoms with Crippen molar-refractivity contribution < 1.29 is 5.11 Å². The summed E-state index contributed by atoms with van der Waals surface area (Å²) >= 11 is 0. The van der Waals surface area contributed by atoms with Gasteiger partial charge in [0.25, 0.3) is 0 Å². The van der Waals surface area contributed by atoms with Gasteiger partial charge >= 0.3 is 0 Å². The second-order valence-electron chi connectivity index (χ2n) is 5.10. The van der Waals surface area contributed by atoms with Gasteiger partial charge in [-0.15, -0.1) is 0 Å².